The summed E-state index contributed by atoms with van der Waals surface area (Å²) in [6, 6.07) is 11.3. The Morgan fingerprint density at radius 3 is 2.45 bits per heavy atom. The van der Waals surface area contributed by atoms with Gasteiger partial charge in [-0.3, -0.25) is 4.79 Å². The maximum Gasteiger partial charge on any atom is 0.248 e. The molecule has 2 rings (SSSR count). The number of methoxy groups -OCH3 is 1. The minimum atomic E-state index is -3.55. The molecule has 0 radical (unpaired) electrons. The highest BCUT2D eigenvalue weighted by Gasteiger charge is 2.14. The molecule has 0 fully saturated rings. The monoisotopic (exact) mass is 446 g/mol. The third kappa shape index (κ3) is 7.73. The van der Waals surface area contributed by atoms with E-state index in [0.717, 1.165) is 12.8 Å². The number of rotatable bonds is 11. The van der Waals surface area contributed by atoms with Gasteiger partial charge in [0, 0.05) is 18.2 Å². The van der Waals surface area contributed by atoms with E-state index in [4.69, 9.17) is 9.47 Å². The SMILES string of the molecule is CCCCOc1ccc(OC)cc1NC(=O)/C=C/c1ccc(S(=O)(=O)NC(C)C)cc1. The summed E-state index contributed by atoms with van der Waals surface area (Å²) >= 11 is 0. The van der Waals surface area contributed by atoms with Gasteiger partial charge in [-0.15, -0.1) is 0 Å². The van der Waals surface area contributed by atoms with Gasteiger partial charge in [-0.05, 0) is 56.2 Å². The van der Waals surface area contributed by atoms with E-state index in [1.165, 1.54) is 18.2 Å². The third-order valence-corrected chi connectivity index (χ3v) is 5.88. The molecule has 31 heavy (non-hydrogen) atoms. The zero-order valence-corrected chi connectivity index (χ0v) is 19.2. The molecule has 0 heterocycles. The first-order valence-electron chi connectivity index (χ1n) is 10.2. The summed E-state index contributed by atoms with van der Waals surface area (Å²) in [5, 5.41) is 2.80. The molecule has 1 amide bonds. The van der Waals surface area contributed by atoms with Crippen molar-refractivity contribution in [2.45, 2.75) is 44.6 Å². The fourth-order valence-corrected chi connectivity index (χ4v) is 3.92. The Bertz CT molecular complexity index is 999. The first-order chi connectivity index (χ1) is 14.7. The summed E-state index contributed by atoms with van der Waals surface area (Å²) in [4.78, 5) is 12.6. The lowest BCUT2D eigenvalue weighted by Crippen LogP contribution is -2.30. The highest BCUT2D eigenvalue weighted by atomic mass is 32.2. The van der Waals surface area contributed by atoms with Crippen molar-refractivity contribution in [2.75, 3.05) is 19.0 Å². The highest BCUT2D eigenvalue weighted by Crippen LogP contribution is 2.29. The minimum Gasteiger partial charge on any atom is -0.497 e. The number of carbonyl (C=O) groups excluding carboxylic acids is 1. The maximum absolute atomic E-state index is 12.4. The molecule has 2 aromatic carbocycles. The second-order valence-corrected chi connectivity index (χ2v) is 8.95. The summed E-state index contributed by atoms with van der Waals surface area (Å²) in [6.45, 7) is 6.15. The predicted octanol–water partition coefficient (Wildman–Crippen LogP) is 4.21. The molecule has 0 spiro atoms. The van der Waals surface area contributed by atoms with Gasteiger partial charge in [0.2, 0.25) is 15.9 Å². The van der Waals surface area contributed by atoms with E-state index in [2.05, 4.69) is 17.0 Å². The molecule has 0 aliphatic carbocycles. The molecule has 0 unspecified atom stereocenters. The second kappa shape index (κ2) is 11.5. The van der Waals surface area contributed by atoms with Crippen molar-refractivity contribution in [2.24, 2.45) is 0 Å². The first-order valence-corrected chi connectivity index (χ1v) is 11.7. The van der Waals surface area contributed by atoms with Crippen LogP contribution in [0.15, 0.2) is 53.4 Å². The van der Waals surface area contributed by atoms with Gasteiger partial charge >= 0.3 is 0 Å². The number of ether oxygens (including phenoxy) is 2. The lowest BCUT2D eigenvalue weighted by molar-refractivity contribution is -0.111. The van der Waals surface area contributed by atoms with E-state index in [9.17, 15) is 13.2 Å². The Hall–Kier alpha value is -2.84. The fraction of sp³-hybridized carbons (Fsp3) is 0.348. The van der Waals surface area contributed by atoms with Crippen LogP contribution in [-0.2, 0) is 14.8 Å². The highest BCUT2D eigenvalue weighted by molar-refractivity contribution is 7.89. The number of carbonyl (C=O) groups is 1. The van der Waals surface area contributed by atoms with E-state index in [-0.39, 0.29) is 16.8 Å². The summed E-state index contributed by atoms with van der Waals surface area (Å²) in [5.41, 5.74) is 1.22. The molecule has 0 atom stereocenters. The average Bonchev–Trinajstić information content (AvgIpc) is 2.73. The molecule has 0 saturated heterocycles. The van der Waals surface area contributed by atoms with Gasteiger partial charge in [-0.25, -0.2) is 13.1 Å². The zero-order chi connectivity index (χ0) is 22.9. The lowest BCUT2D eigenvalue weighted by Gasteiger charge is -2.13. The minimum absolute atomic E-state index is 0.174. The van der Waals surface area contributed by atoms with Crippen LogP contribution in [0.4, 0.5) is 5.69 Å². The molecule has 168 valence electrons. The maximum atomic E-state index is 12.4. The van der Waals surface area contributed by atoms with Crippen LogP contribution in [0.1, 0.15) is 39.2 Å². The van der Waals surface area contributed by atoms with Crippen molar-refractivity contribution in [3.63, 3.8) is 0 Å². The van der Waals surface area contributed by atoms with Crippen molar-refractivity contribution in [1.82, 2.24) is 4.72 Å². The van der Waals surface area contributed by atoms with Crippen molar-refractivity contribution in [3.05, 3.63) is 54.1 Å². The molecule has 0 aliphatic heterocycles. The number of amides is 1. The van der Waals surface area contributed by atoms with Crippen LogP contribution in [0.3, 0.4) is 0 Å². The standard InChI is InChI=1S/C23H30N2O5S/c1-5-6-15-30-22-13-10-19(29-4)16-21(22)24-23(26)14-9-18-7-11-20(12-8-18)31(27,28)25-17(2)3/h7-14,16-17,25H,5-6,15H2,1-4H3,(H,24,26)/b14-9+. The molecular formula is C23H30N2O5S. The molecule has 2 aromatic rings. The Kier molecular flexibility index (Phi) is 9.08. The van der Waals surface area contributed by atoms with Gasteiger partial charge in [-0.2, -0.15) is 0 Å². The van der Waals surface area contributed by atoms with E-state index in [1.54, 1.807) is 57.4 Å². The smallest absolute Gasteiger partial charge is 0.248 e. The molecular weight excluding hydrogens is 416 g/mol. The number of unbranched alkanes of at least 4 members (excludes halogenated alkanes) is 1. The van der Waals surface area contributed by atoms with E-state index in [1.807, 2.05) is 0 Å². The van der Waals surface area contributed by atoms with Gasteiger partial charge in [-0.1, -0.05) is 25.5 Å². The number of anilines is 1. The van der Waals surface area contributed by atoms with Crippen molar-refractivity contribution in [3.8, 4) is 11.5 Å². The molecule has 0 saturated carbocycles. The Labute approximate surface area is 184 Å². The number of sulfonamides is 1. The summed E-state index contributed by atoms with van der Waals surface area (Å²) in [5.74, 6) is 0.837. The molecule has 2 N–H and O–H groups in total. The van der Waals surface area contributed by atoms with Crippen LogP contribution in [0, 0.1) is 0 Å². The van der Waals surface area contributed by atoms with Gasteiger partial charge in [0.1, 0.15) is 11.5 Å². The predicted molar refractivity (Wildman–Crippen MR) is 123 cm³/mol. The summed E-state index contributed by atoms with van der Waals surface area (Å²) in [6.07, 6.45) is 4.91. The fourth-order valence-electron chi connectivity index (χ4n) is 2.67. The molecule has 7 nitrogen and oxygen atoms in total. The Morgan fingerprint density at radius 2 is 1.84 bits per heavy atom. The van der Waals surface area contributed by atoms with E-state index in [0.29, 0.717) is 29.4 Å². The number of benzene rings is 2. The second-order valence-electron chi connectivity index (χ2n) is 7.23. The third-order valence-electron chi connectivity index (χ3n) is 4.21. The van der Waals surface area contributed by atoms with E-state index < -0.39 is 10.0 Å². The number of hydrogen-bond donors (Lipinski definition) is 2. The van der Waals surface area contributed by atoms with Gasteiger partial charge in [0.15, 0.2) is 0 Å². The van der Waals surface area contributed by atoms with Crippen LogP contribution in [0.5, 0.6) is 11.5 Å². The Balaban J connectivity index is 2.08. The van der Waals surface area contributed by atoms with Crippen LogP contribution < -0.4 is 19.5 Å². The van der Waals surface area contributed by atoms with Crippen LogP contribution in [-0.4, -0.2) is 34.1 Å². The Morgan fingerprint density at radius 1 is 1.13 bits per heavy atom. The van der Waals surface area contributed by atoms with Crippen molar-refractivity contribution >= 4 is 27.7 Å². The normalized spacial score (nSPS) is 11.6. The lowest BCUT2D eigenvalue weighted by atomic mass is 10.2. The average molecular weight is 447 g/mol. The quantitative estimate of drug-likeness (QED) is 0.398. The van der Waals surface area contributed by atoms with Crippen LogP contribution >= 0.6 is 0 Å². The zero-order valence-electron chi connectivity index (χ0n) is 18.3. The van der Waals surface area contributed by atoms with Crippen molar-refractivity contribution < 1.29 is 22.7 Å². The summed E-state index contributed by atoms with van der Waals surface area (Å²) in [7, 11) is -1.99. The van der Waals surface area contributed by atoms with Crippen molar-refractivity contribution in [1.29, 1.82) is 0 Å². The van der Waals surface area contributed by atoms with Gasteiger partial charge in [0.05, 0.1) is 24.3 Å². The largest absolute Gasteiger partial charge is 0.497 e. The summed E-state index contributed by atoms with van der Waals surface area (Å²) < 4.78 is 37.9. The van der Waals surface area contributed by atoms with Gasteiger partial charge in [0.25, 0.3) is 0 Å². The topological polar surface area (TPSA) is 93.7 Å². The number of nitrogens with one attached hydrogen (secondary N) is 2. The number of hydrogen-bond acceptors (Lipinski definition) is 5. The van der Waals surface area contributed by atoms with Gasteiger partial charge < -0.3 is 14.8 Å². The van der Waals surface area contributed by atoms with E-state index >= 15 is 0 Å². The van der Waals surface area contributed by atoms with Crippen LogP contribution in [0.2, 0.25) is 0 Å². The van der Waals surface area contributed by atoms with Crippen LogP contribution in [0.25, 0.3) is 6.08 Å². The molecule has 0 aromatic heterocycles. The molecule has 8 heteroatoms. The molecule has 0 bridgehead atoms. The molecule has 0 aliphatic rings. The first kappa shape index (κ1) is 24.4.